The van der Waals surface area contributed by atoms with E-state index in [1.54, 1.807) is 0 Å². The van der Waals surface area contributed by atoms with Crippen molar-refractivity contribution in [3.05, 3.63) is 60.8 Å². The van der Waals surface area contributed by atoms with Gasteiger partial charge in [-0.05, 0) is 70.6 Å². The second kappa shape index (κ2) is 45.6. The number of nitrogens with one attached hydrogen (secondary N) is 1. The standard InChI is InChI=1S/C52H93NO5/c1-4-7-10-13-16-19-22-24-25-26-28-30-33-36-39-42-45-52(57)58-48(43-40-37-34-31-29-27-23-20-17-14-11-8-5-2)46-51(56)53-49(47-54)50(55)44-41-38-35-32-21-18-15-12-9-6-3/h8,11,14,17,20,23,25-26,28,30,48-50,54-55H,4-7,9-10,12-13,15-16,18-19,21-22,24,27,29,31-47H2,1-3H3,(H,53,56)/b11-8+,17-14+,23-20+,26-25+,30-28+. The Bertz CT molecular complexity index is 1050. The third-order valence-corrected chi connectivity index (χ3v) is 10.9. The van der Waals surface area contributed by atoms with Crippen LogP contribution in [0.25, 0.3) is 0 Å². The first-order chi connectivity index (χ1) is 28.5. The third kappa shape index (κ3) is 40.3. The Hall–Kier alpha value is -2.44. The van der Waals surface area contributed by atoms with E-state index in [0.717, 1.165) is 96.3 Å². The van der Waals surface area contributed by atoms with E-state index in [2.05, 4.69) is 86.8 Å². The SMILES string of the molecule is CC/C=C/C=C/C=C/CCCCCCCC(CC(=O)NC(CO)C(O)CCCCCCCCCCCC)OC(=O)CCCCC/C=C/C=C/CCCCCCCCC. The smallest absolute Gasteiger partial charge is 0.306 e. The predicted octanol–water partition coefficient (Wildman–Crippen LogP) is 14.5. The van der Waals surface area contributed by atoms with Crippen molar-refractivity contribution in [2.24, 2.45) is 0 Å². The summed E-state index contributed by atoms with van der Waals surface area (Å²) in [6, 6.07) is -0.714. The van der Waals surface area contributed by atoms with E-state index in [9.17, 15) is 19.8 Å². The van der Waals surface area contributed by atoms with Crippen LogP contribution in [0.15, 0.2) is 60.8 Å². The lowest BCUT2D eigenvalue weighted by atomic mass is 10.0. The molecule has 3 unspecified atom stereocenters. The van der Waals surface area contributed by atoms with Crippen LogP contribution >= 0.6 is 0 Å². The van der Waals surface area contributed by atoms with Crippen LogP contribution in [0, 0.1) is 0 Å². The van der Waals surface area contributed by atoms with Crippen molar-refractivity contribution in [1.82, 2.24) is 5.32 Å². The zero-order valence-corrected chi connectivity index (χ0v) is 38.2. The minimum absolute atomic E-state index is 0.0518. The molecular formula is C52H93NO5. The number of aliphatic hydroxyl groups is 2. The van der Waals surface area contributed by atoms with Crippen LogP contribution in [0.2, 0.25) is 0 Å². The molecule has 1 amide bonds. The van der Waals surface area contributed by atoms with Crippen LogP contribution < -0.4 is 5.32 Å². The number of hydrogen-bond donors (Lipinski definition) is 3. The number of rotatable bonds is 43. The zero-order valence-electron chi connectivity index (χ0n) is 38.2. The Morgan fingerprint density at radius 3 is 1.41 bits per heavy atom. The van der Waals surface area contributed by atoms with Crippen molar-refractivity contribution in [1.29, 1.82) is 0 Å². The minimum atomic E-state index is -0.798. The van der Waals surface area contributed by atoms with Crippen molar-refractivity contribution in [3.63, 3.8) is 0 Å². The fourth-order valence-electron chi connectivity index (χ4n) is 7.19. The van der Waals surface area contributed by atoms with Gasteiger partial charge in [-0.2, -0.15) is 0 Å². The maximum atomic E-state index is 13.2. The number of aliphatic hydroxyl groups excluding tert-OH is 2. The highest BCUT2D eigenvalue weighted by molar-refractivity contribution is 5.77. The lowest BCUT2D eigenvalue weighted by Gasteiger charge is -2.24. The molecule has 0 aliphatic heterocycles. The van der Waals surface area contributed by atoms with Gasteiger partial charge in [0.15, 0.2) is 0 Å². The zero-order chi connectivity index (χ0) is 42.4. The van der Waals surface area contributed by atoms with Gasteiger partial charge in [0.1, 0.15) is 6.10 Å². The Morgan fingerprint density at radius 1 is 0.517 bits per heavy atom. The van der Waals surface area contributed by atoms with Gasteiger partial charge >= 0.3 is 5.97 Å². The highest BCUT2D eigenvalue weighted by atomic mass is 16.5. The van der Waals surface area contributed by atoms with Gasteiger partial charge < -0.3 is 20.3 Å². The molecule has 0 aromatic rings. The van der Waals surface area contributed by atoms with Crippen LogP contribution in [0.5, 0.6) is 0 Å². The van der Waals surface area contributed by atoms with E-state index in [1.807, 2.05) is 0 Å². The van der Waals surface area contributed by atoms with Gasteiger partial charge in [-0.15, -0.1) is 0 Å². The average Bonchev–Trinajstić information content (AvgIpc) is 3.22. The van der Waals surface area contributed by atoms with Crippen LogP contribution in [0.1, 0.15) is 233 Å². The summed E-state index contributed by atoms with van der Waals surface area (Å²) in [6.07, 6.45) is 55.7. The topological polar surface area (TPSA) is 95.9 Å². The highest BCUT2D eigenvalue weighted by Crippen LogP contribution is 2.17. The molecular weight excluding hydrogens is 719 g/mol. The molecule has 0 aliphatic carbocycles. The number of esters is 1. The number of allylic oxidation sites excluding steroid dienone is 10. The minimum Gasteiger partial charge on any atom is -0.462 e. The molecule has 3 N–H and O–H groups in total. The first-order valence-electron chi connectivity index (χ1n) is 24.6. The summed E-state index contributed by atoms with van der Waals surface area (Å²) in [6.45, 7) is 6.32. The second-order valence-corrected chi connectivity index (χ2v) is 16.6. The number of unbranched alkanes of at least 4 members (excludes halogenated alkanes) is 24. The van der Waals surface area contributed by atoms with E-state index in [0.29, 0.717) is 19.3 Å². The Kier molecular flexibility index (Phi) is 43.7. The second-order valence-electron chi connectivity index (χ2n) is 16.6. The molecule has 0 aromatic heterocycles. The summed E-state index contributed by atoms with van der Waals surface area (Å²) < 4.78 is 5.90. The molecule has 0 bridgehead atoms. The fourth-order valence-corrected chi connectivity index (χ4v) is 7.19. The Morgan fingerprint density at radius 2 is 0.931 bits per heavy atom. The van der Waals surface area contributed by atoms with Gasteiger partial charge in [0.2, 0.25) is 5.91 Å². The summed E-state index contributed by atoms with van der Waals surface area (Å²) in [4.78, 5) is 26.1. The monoisotopic (exact) mass is 812 g/mol. The fraction of sp³-hybridized carbons (Fsp3) is 0.769. The van der Waals surface area contributed by atoms with Crippen LogP contribution in [0.3, 0.4) is 0 Å². The molecule has 0 saturated carbocycles. The normalized spacial score (nSPS) is 13.8. The van der Waals surface area contributed by atoms with Gasteiger partial charge in [-0.1, -0.05) is 210 Å². The maximum absolute atomic E-state index is 13.2. The van der Waals surface area contributed by atoms with Crippen molar-refractivity contribution < 1.29 is 24.5 Å². The summed E-state index contributed by atoms with van der Waals surface area (Å²) in [5.74, 6) is -0.527. The maximum Gasteiger partial charge on any atom is 0.306 e. The van der Waals surface area contributed by atoms with Crippen LogP contribution in [-0.4, -0.2) is 46.9 Å². The Labute approximate surface area is 358 Å². The molecule has 6 nitrogen and oxygen atoms in total. The molecule has 0 aliphatic rings. The molecule has 6 heteroatoms. The van der Waals surface area contributed by atoms with Crippen molar-refractivity contribution in [3.8, 4) is 0 Å². The van der Waals surface area contributed by atoms with Crippen molar-refractivity contribution in [2.45, 2.75) is 251 Å². The van der Waals surface area contributed by atoms with E-state index < -0.39 is 18.2 Å². The first-order valence-corrected chi connectivity index (χ1v) is 24.6. The first kappa shape index (κ1) is 55.6. The van der Waals surface area contributed by atoms with Gasteiger partial charge in [-0.25, -0.2) is 0 Å². The van der Waals surface area contributed by atoms with Crippen LogP contribution in [-0.2, 0) is 14.3 Å². The average molecular weight is 812 g/mol. The van der Waals surface area contributed by atoms with Gasteiger partial charge in [0.05, 0.1) is 25.2 Å². The Balaban J connectivity index is 4.66. The number of amides is 1. The lowest BCUT2D eigenvalue weighted by molar-refractivity contribution is -0.151. The quantitative estimate of drug-likeness (QED) is 0.0324. The molecule has 58 heavy (non-hydrogen) atoms. The van der Waals surface area contributed by atoms with E-state index in [1.165, 1.54) is 89.9 Å². The van der Waals surface area contributed by atoms with Crippen molar-refractivity contribution >= 4 is 11.9 Å². The molecule has 0 radical (unpaired) electrons. The summed E-state index contributed by atoms with van der Waals surface area (Å²) in [7, 11) is 0. The molecule has 336 valence electrons. The van der Waals surface area contributed by atoms with Gasteiger partial charge in [-0.3, -0.25) is 9.59 Å². The lowest BCUT2D eigenvalue weighted by Crippen LogP contribution is -2.46. The molecule has 0 rings (SSSR count). The van der Waals surface area contributed by atoms with E-state index >= 15 is 0 Å². The molecule has 0 fully saturated rings. The summed E-state index contributed by atoms with van der Waals surface area (Å²) >= 11 is 0. The molecule has 0 saturated heterocycles. The largest absolute Gasteiger partial charge is 0.462 e. The van der Waals surface area contributed by atoms with E-state index in [-0.39, 0.29) is 24.9 Å². The molecule has 3 atom stereocenters. The molecule has 0 spiro atoms. The molecule has 0 heterocycles. The highest BCUT2D eigenvalue weighted by Gasteiger charge is 2.24. The number of ether oxygens (including phenoxy) is 1. The predicted molar refractivity (Wildman–Crippen MR) is 250 cm³/mol. The van der Waals surface area contributed by atoms with Crippen molar-refractivity contribution in [2.75, 3.05) is 6.61 Å². The third-order valence-electron chi connectivity index (χ3n) is 10.9. The molecule has 0 aromatic carbocycles. The van der Waals surface area contributed by atoms with Gasteiger partial charge in [0.25, 0.3) is 0 Å². The van der Waals surface area contributed by atoms with Gasteiger partial charge in [0, 0.05) is 6.42 Å². The number of carbonyl (C=O) groups is 2. The number of carbonyl (C=O) groups excluding carboxylic acids is 2. The summed E-state index contributed by atoms with van der Waals surface area (Å²) in [5, 5.41) is 23.7. The summed E-state index contributed by atoms with van der Waals surface area (Å²) in [5.41, 5.74) is 0. The number of hydrogen-bond acceptors (Lipinski definition) is 5. The van der Waals surface area contributed by atoms with Crippen LogP contribution in [0.4, 0.5) is 0 Å². The van der Waals surface area contributed by atoms with E-state index in [4.69, 9.17) is 4.74 Å².